The number of pyridine rings is 1. The monoisotopic (exact) mass is 256 g/mol. The van der Waals surface area contributed by atoms with E-state index < -0.39 is 5.97 Å². The lowest BCUT2D eigenvalue weighted by molar-refractivity contribution is 0.0696. The molecule has 1 N–H and O–H groups in total. The van der Waals surface area contributed by atoms with Crippen molar-refractivity contribution in [3.05, 3.63) is 53.2 Å². The van der Waals surface area contributed by atoms with Crippen LogP contribution in [0.5, 0.6) is 0 Å². The molecule has 1 aromatic carbocycles. The number of hydrogen-bond donors (Lipinski definition) is 1. The third kappa shape index (κ3) is 2.57. The van der Waals surface area contributed by atoms with E-state index in [2.05, 4.69) is 4.98 Å². The second-order valence-corrected chi connectivity index (χ2v) is 4.53. The van der Waals surface area contributed by atoms with Gasteiger partial charge in [-0.2, -0.15) is 0 Å². The Balaban J connectivity index is 2.49. The van der Waals surface area contributed by atoms with E-state index in [1.165, 1.54) is 0 Å². The molecule has 0 saturated heterocycles. The van der Waals surface area contributed by atoms with Crippen molar-refractivity contribution in [2.75, 3.05) is 11.9 Å². The van der Waals surface area contributed by atoms with Gasteiger partial charge in [-0.3, -0.25) is 0 Å². The fourth-order valence-corrected chi connectivity index (χ4v) is 1.95. The molecule has 0 bridgehead atoms. The van der Waals surface area contributed by atoms with Gasteiger partial charge in [0.05, 0.1) is 0 Å². The van der Waals surface area contributed by atoms with Crippen LogP contribution >= 0.6 is 0 Å². The van der Waals surface area contributed by atoms with Crippen LogP contribution in [0, 0.1) is 13.8 Å². The Bertz CT molecular complexity index is 606. The van der Waals surface area contributed by atoms with Gasteiger partial charge in [0.2, 0.25) is 0 Å². The number of carboxylic acids is 1. The molecule has 4 nitrogen and oxygen atoms in total. The Kier molecular flexibility index (Phi) is 3.51. The van der Waals surface area contributed by atoms with Gasteiger partial charge in [-0.05, 0) is 37.6 Å². The minimum Gasteiger partial charge on any atom is -0.478 e. The van der Waals surface area contributed by atoms with Gasteiger partial charge in [0.25, 0.3) is 0 Å². The molecule has 0 aliphatic rings. The molecule has 0 amide bonds. The molecule has 0 fully saturated rings. The van der Waals surface area contributed by atoms with E-state index in [4.69, 9.17) is 0 Å². The van der Waals surface area contributed by atoms with E-state index in [1.54, 1.807) is 24.1 Å². The standard InChI is InChI=1S/C15H16N2O2/c1-10-4-6-12(7-5-10)17(3)14-13(15(18)19)11(2)8-9-16-14/h4-9H,1-3H3,(H,18,19). The zero-order valence-corrected chi connectivity index (χ0v) is 11.2. The summed E-state index contributed by atoms with van der Waals surface area (Å²) in [6.07, 6.45) is 1.63. The van der Waals surface area contributed by atoms with Crippen molar-refractivity contribution in [3.8, 4) is 0 Å². The highest BCUT2D eigenvalue weighted by Crippen LogP contribution is 2.26. The molecule has 2 rings (SSSR count). The van der Waals surface area contributed by atoms with Crippen LogP contribution in [0.15, 0.2) is 36.5 Å². The normalized spacial score (nSPS) is 10.3. The van der Waals surface area contributed by atoms with Crippen molar-refractivity contribution in [2.45, 2.75) is 13.8 Å². The van der Waals surface area contributed by atoms with Gasteiger partial charge < -0.3 is 10.0 Å². The van der Waals surface area contributed by atoms with E-state index in [1.807, 2.05) is 38.2 Å². The molecular formula is C15H16N2O2. The van der Waals surface area contributed by atoms with Gasteiger partial charge in [0.1, 0.15) is 11.4 Å². The lowest BCUT2D eigenvalue weighted by Crippen LogP contribution is -2.16. The molecule has 4 heteroatoms. The summed E-state index contributed by atoms with van der Waals surface area (Å²) in [6, 6.07) is 9.58. The Labute approximate surface area is 112 Å². The SMILES string of the molecule is Cc1ccc(N(C)c2nccc(C)c2C(=O)O)cc1. The maximum atomic E-state index is 11.4. The summed E-state index contributed by atoms with van der Waals surface area (Å²) < 4.78 is 0. The first-order chi connectivity index (χ1) is 9.00. The lowest BCUT2D eigenvalue weighted by Gasteiger charge is -2.21. The van der Waals surface area contributed by atoms with Crippen LogP contribution in [0.2, 0.25) is 0 Å². The quantitative estimate of drug-likeness (QED) is 0.916. The minimum atomic E-state index is -0.959. The molecular weight excluding hydrogens is 240 g/mol. The van der Waals surface area contributed by atoms with Crippen LogP contribution in [0.4, 0.5) is 11.5 Å². The van der Waals surface area contributed by atoms with Crippen LogP contribution < -0.4 is 4.90 Å². The maximum absolute atomic E-state index is 11.4. The number of aromatic nitrogens is 1. The summed E-state index contributed by atoms with van der Waals surface area (Å²) in [4.78, 5) is 17.4. The van der Waals surface area contributed by atoms with Crippen LogP contribution in [0.3, 0.4) is 0 Å². The summed E-state index contributed by atoms with van der Waals surface area (Å²) in [5.74, 6) is -0.504. The number of anilines is 2. The first-order valence-electron chi connectivity index (χ1n) is 6.00. The molecule has 0 aliphatic heterocycles. The molecule has 19 heavy (non-hydrogen) atoms. The molecule has 0 radical (unpaired) electrons. The summed E-state index contributed by atoms with van der Waals surface area (Å²) in [7, 11) is 1.82. The lowest BCUT2D eigenvalue weighted by atomic mass is 10.1. The van der Waals surface area contributed by atoms with Crippen molar-refractivity contribution in [1.82, 2.24) is 4.98 Å². The van der Waals surface area contributed by atoms with Crippen LogP contribution in [0.25, 0.3) is 0 Å². The second kappa shape index (κ2) is 5.10. The van der Waals surface area contributed by atoms with E-state index in [-0.39, 0.29) is 5.56 Å². The molecule has 0 atom stereocenters. The number of benzene rings is 1. The topological polar surface area (TPSA) is 53.4 Å². The molecule has 0 unspecified atom stereocenters. The Morgan fingerprint density at radius 2 is 1.79 bits per heavy atom. The van der Waals surface area contributed by atoms with E-state index in [9.17, 15) is 9.90 Å². The largest absolute Gasteiger partial charge is 0.478 e. The van der Waals surface area contributed by atoms with E-state index >= 15 is 0 Å². The van der Waals surface area contributed by atoms with Crippen LogP contribution in [-0.4, -0.2) is 23.1 Å². The van der Waals surface area contributed by atoms with Crippen molar-refractivity contribution < 1.29 is 9.90 Å². The summed E-state index contributed by atoms with van der Waals surface area (Å²) in [5.41, 5.74) is 3.01. The van der Waals surface area contributed by atoms with Gasteiger partial charge in [-0.15, -0.1) is 0 Å². The predicted octanol–water partition coefficient (Wildman–Crippen LogP) is 3.16. The first kappa shape index (κ1) is 13.1. The average Bonchev–Trinajstić information content (AvgIpc) is 2.38. The molecule has 0 spiro atoms. The van der Waals surface area contributed by atoms with Crippen molar-refractivity contribution >= 4 is 17.5 Å². The fourth-order valence-electron chi connectivity index (χ4n) is 1.95. The second-order valence-electron chi connectivity index (χ2n) is 4.53. The third-order valence-corrected chi connectivity index (χ3v) is 3.09. The molecule has 1 aromatic heterocycles. The number of aryl methyl sites for hydroxylation is 2. The highest BCUT2D eigenvalue weighted by Gasteiger charge is 2.18. The number of rotatable bonds is 3. The third-order valence-electron chi connectivity index (χ3n) is 3.09. The summed E-state index contributed by atoms with van der Waals surface area (Å²) >= 11 is 0. The maximum Gasteiger partial charge on any atom is 0.339 e. The van der Waals surface area contributed by atoms with Gasteiger partial charge in [0, 0.05) is 18.9 Å². The van der Waals surface area contributed by atoms with E-state index in [0.29, 0.717) is 11.4 Å². The van der Waals surface area contributed by atoms with Crippen molar-refractivity contribution in [2.24, 2.45) is 0 Å². The van der Waals surface area contributed by atoms with Crippen LogP contribution in [-0.2, 0) is 0 Å². The number of hydrogen-bond acceptors (Lipinski definition) is 3. The average molecular weight is 256 g/mol. The number of nitrogens with zero attached hydrogens (tertiary/aromatic N) is 2. The molecule has 2 aromatic rings. The zero-order chi connectivity index (χ0) is 14.0. The highest BCUT2D eigenvalue weighted by atomic mass is 16.4. The van der Waals surface area contributed by atoms with Gasteiger partial charge >= 0.3 is 5.97 Å². The molecule has 0 aliphatic carbocycles. The predicted molar refractivity (Wildman–Crippen MR) is 75.2 cm³/mol. The van der Waals surface area contributed by atoms with Crippen molar-refractivity contribution in [1.29, 1.82) is 0 Å². The van der Waals surface area contributed by atoms with Gasteiger partial charge in [0.15, 0.2) is 0 Å². The first-order valence-corrected chi connectivity index (χ1v) is 6.00. The Hall–Kier alpha value is -2.36. The number of carbonyl (C=O) groups is 1. The molecule has 98 valence electrons. The van der Waals surface area contributed by atoms with Gasteiger partial charge in [-0.25, -0.2) is 9.78 Å². The fraction of sp³-hybridized carbons (Fsp3) is 0.200. The highest BCUT2D eigenvalue weighted by molar-refractivity contribution is 5.95. The van der Waals surface area contributed by atoms with Gasteiger partial charge in [-0.1, -0.05) is 17.7 Å². The number of aromatic carboxylic acids is 1. The minimum absolute atomic E-state index is 0.241. The number of carboxylic acid groups (broad SMARTS) is 1. The van der Waals surface area contributed by atoms with Crippen molar-refractivity contribution in [3.63, 3.8) is 0 Å². The van der Waals surface area contributed by atoms with E-state index in [0.717, 1.165) is 11.3 Å². The molecule has 0 saturated carbocycles. The Morgan fingerprint density at radius 1 is 1.16 bits per heavy atom. The zero-order valence-electron chi connectivity index (χ0n) is 11.2. The smallest absolute Gasteiger partial charge is 0.339 e. The summed E-state index contributed by atoms with van der Waals surface area (Å²) in [5, 5.41) is 9.32. The summed E-state index contributed by atoms with van der Waals surface area (Å²) in [6.45, 7) is 3.79. The van der Waals surface area contributed by atoms with Crippen LogP contribution in [0.1, 0.15) is 21.5 Å². The Morgan fingerprint density at radius 3 is 2.37 bits per heavy atom. The molecule has 1 heterocycles.